The van der Waals surface area contributed by atoms with Crippen LogP contribution in [0.25, 0.3) is 0 Å². The van der Waals surface area contributed by atoms with Crippen LogP contribution in [0.2, 0.25) is 0 Å². The van der Waals surface area contributed by atoms with E-state index < -0.39 is 11.7 Å². The van der Waals surface area contributed by atoms with Gasteiger partial charge in [-0.2, -0.15) is 4.99 Å². The van der Waals surface area contributed by atoms with Gasteiger partial charge < -0.3 is 4.74 Å². The number of isocyanates is 1. The number of carbonyl (C=O) groups is 1. The fraction of sp³-hybridized carbons (Fsp3) is 0.333. The van der Waals surface area contributed by atoms with Crippen molar-refractivity contribution in [2.45, 2.75) is 26.4 Å². The van der Waals surface area contributed by atoms with Crippen molar-refractivity contribution < 1.29 is 14.3 Å². The van der Waals surface area contributed by atoms with E-state index in [1.54, 1.807) is 39.0 Å². The summed E-state index contributed by atoms with van der Waals surface area (Å²) in [6, 6.07) is 4.83. The number of benzene rings is 1. The molecule has 1 amide bonds. The molecule has 0 aliphatic rings. The van der Waals surface area contributed by atoms with E-state index in [0.29, 0.717) is 15.8 Å². The van der Waals surface area contributed by atoms with Gasteiger partial charge in [0.05, 0.1) is 11.4 Å². The predicted octanol–water partition coefficient (Wildman–Crippen LogP) is 3.76. The monoisotopic (exact) mass is 312 g/mol. The molecule has 0 aliphatic carbocycles. The number of aliphatic imine (C=N–C) groups is 1. The molecule has 0 fully saturated rings. The van der Waals surface area contributed by atoms with Gasteiger partial charge >= 0.3 is 6.09 Å². The molecular formula is C12H13BrN2O3. The highest BCUT2D eigenvalue weighted by Gasteiger charge is 2.17. The average Bonchev–Trinajstić information content (AvgIpc) is 2.20. The molecule has 0 unspecified atom stereocenters. The van der Waals surface area contributed by atoms with Crippen LogP contribution < -0.4 is 5.32 Å². The summed E-state index contributed by atoms with van der Waals surface area (Å²) in [6.45, 7) is 5.32. The van der Waals surface area contributed by atoms with Crippen molar-refractivity contribution in [2.75, 3.05) is 5.32 Å². The Morgan fingerprint density at radius 2 is 2.11 bits per heavy atom. The van der Waals surface area contributed by atoms with Crippen LogP contribution in [-0.2, 0) is 9.53 Å². The molecule has 0 bridgehead atoms. The van der Waals surface area contributed by atoms with Gasteiger partial charge in [-0.3, -0.25) is 5.32 Å². The molecule has 1 aromatic rings. The fourth-order valence-electron chi connectivity index (χ4n) is 1.14. The first-order valence-corrected chi connectivity index (χ1v) is 5.98. The van der Waals surface area contributed by atoms with Gasteiger partial charge in [0.25, 0.3) is 0 Å². The molecule has 96 valence electrons. The molecule has 18 heavy (non-hydrogen) atoms. The third kappa shape index (κ3) is 4.69. The summed E-state index contributed by atoms with van der Waals surface area (Å²) < 4.78 is 5.78. The summed E-state index contributed by atoms with van der Waals surface area (Å²) >= 11 is 3.28. The molecular weight excluding hydrogens is 300 g/mol. The van der Waals surface area contributed by atoms with Crippen molar-refractivity contribution in [2.24, 2.45) is 4.99 Å². The zero-order valence-corrected chi connectivity index (χ0v) is 11.9. The lowest BCUT2D eigenvalue weighted by atomic mass is 10.2. The van der Waals surface area contributed by atoms with Gasteiger partial charge in [0, 0.05) is 4.47 Å². The first kappa shape index (κ1) is 14.4. The number of hydrogen-bond acceptors (Lipinski definition) is 4. The Kier molecular flexibility index (Phi) is 4.64. The number of anilines is 1. The zero-order valence-electron chi connectivity index (χ0n) is 10.3. The van der Waals surface area contributed by atoms with Crippen molar-refractivity contribution in [1.82, 2.24) is 0 Å². The topological polar surface area (TPSA) is 67.8 Å². The third-order valence-electron chi connectivity index (χ3n) is 1.76. The largest absolute Gasteiger partial charge is 0.444 e. The molecule has 0 atom stereocenters. The number of halogens is 1. The lowest BCUT2D eigenvalue weighted by Gasteiger charge is -2.20. The van der Waals surface area contributed by atoms with Gasteiger partial charge in [-0.1, -0.05) is 0 Å². The van der Waals surface area contributed by atoms with Crippen molar-refractivity contribution >= 4 is 39.5 Å². The maximum atomic E-state index is 11.6. The number of nitrogens with one attached hydrogen (secondary N) is 1. The smallest absolute Gasteiger partial charge is 0.412 e. The highest BCUT2D eigenvalue weighted by Crippen LogP contribution is 2.27. The van der Waals surface area contributed by atoms with Gasteiger partial charge in [0.15, 0.2) is 0 Å². The van der Waals surface area contributed by atoms with Crippen LogP contribution in [-0.4, -0.2) is 17.8 Å². The Balaban J connectivity index is 2.86. The predicted molar refractivity (Wildman–Crippen MR) is 71.8 cm³/mol. The van der Waals surface area contributed by atoms with E-state index >= 15 is 0 Å². The Morgan fingerprint density at radius 1 is 1.44 bits per heavy atom. The van der Waals surface area contributed by atoms with Crippen molar-refractivity contribution in [3.8, 4) is 0 Å². The molecule has 1 rings (SSSR count). The summed E-state index contributed by atoms with van der Waals surface area (Å²) in [5.41, 5.74) is 0.301. The molecule has 6 heteroatoms. The van der Waals surface area contributed by atoms with Crippen LogP contribution >= 0.6 is 15.9 Å². The highest BCUT2D eigenvalue weighted by atomic mass is 79.9. The van der Waals surface area contributed by atoms with Crippen LogP contribution in [0.3, 0.4) is 0 Å². The lowest BCUT2D eigenvalue weighted by molar-refractivity contribution is 0.0636. The Bertz CT molecular complexity index is 503. The van der Waals surface area contributed by atoms with E-state index in [4.69, 9.17) is 4.74 Å². The Morgan fingerprint density at radius 3 is 2.67 bits per heavy atom. The summed E-state index contributed by atoms with van der Waals surface area (Å²) in [4.78, 5) is 25.2. The number of amides is 1. The van der Waals surface area contributed by atoms with E-state index in [9.17, 15) is 9.59 Å². The molecule has 0 saturated heterocycles. The summed E-state index contributed by atoms with van der Waals surface area (Å²) in [6.07, 6.45) is 0.864. The van der Waals surface area contributed by atoms with E-state index in [1.807, 2.05) is 0 Å². The van der Waals surface area contributed by atoms with Crippen LogP contribution in [0.15, 0.2) is 27.7 Å². The van der Waals surface area contributed by atoms with Gasteiger partial charge in [-0.05, 0) is 54.9 Å². The first-order chi connectivity index (χ1) is 8.31. The summed E-state index contributed by atoms with van der Waals surface area (Å²) in [7, 11) is 0. The van der Waals surface area contributed by atoms with Crippen LogP contribution in [0.4, 0.5) is 16.2 Å². The highest BCUT2D eigenvalue weighted by molar-refractivity contribution is 9.10. The van der Waals surface area contributed by atoms with Crippen molar-refractivity contribution in [1.29, 1.82) is 0 Å². The van der Waals surface area contributed by atoms with E-state index in [2.05, 4.69) is 26.2 Å². The molecule has 1 N–H and O–H groups in total. The normalized spacial score (nSPS) is 10.4. The maximum absolute atomic E-state index is 11.6. The Labute approximate surface area is 113 Å². The van der Waals surface area contributed by atoms with Crippen molar-refractivity contribution in [3.63, 3.8) is 0 Å². The first-order valence-electron chi connectivity index (χ1n) is 5.19. The minimum Gasteiger partial charge on any atom is -0.444 e. The van der Waals surface area contributed by atoms with E-state index in [-0.39, 0.29) is 0 Å². The third-order valence-corrected chi connectivity index (χ3v) is 2.45. The standard InChI is InChI=1S/C12H13BrN2O3/c1-12(2,3)18-11(17)15-10-6-8(14-7-16)4-5-9(10)13/h4-6H,1-3H3,(H,15,17). The molecule has 0 aliphatic heterocycles. The van der Waals surface area contributed by atoms with Crippen LogP contribution in [0, 0.1) is 0 Å². The van der Waals surface area contributed by atoms with E-state index in [0.717, 1.165) is 0 Å². The van der Waals surface area contributed by atoms with Crippen LogP contribution in [0.5, 0.6) is 0 Å². The number of ether oxygens (including phenoxy) is 1. The molecule has 0 saturated carbocycles. The zero-order chi connectivity index (χ0) is 13.8. The SMILES string of the molecule is CC(C)(C)OC(=O)Nc1cc(N=C=O)ccc1Br. The summed E-state index contributed by atoms with van der Waals surface area (Å²) in [5, 5.41) is 2.57. The fourth-order valence-corrected chi connectivity index (χ4v) is 1.49. The molecule has 0 radical (unpaired) electrons. The van der Waals surface area contributed by atoms with Gasteiger partial charge in [0.2, 0.25) is 6.08 Å². The summed E-state index contributed by atoms with van der Waals surface area (Å²) in [5.74, 6) is 0. The molecule has 5 nitrogen and oxygen atoms in total. The number of carbonyl (C=O) groups excluding carboxylic acids is 2. The van der Waals surface area contributed by atoms with Crippen molar-refractivity contribution in [3.05, 3.63) is 22.7 Å². The van der Waals surface area contributed by atoms with Crippen LogP contribution in [0.1, 0.15) is 20.8 Å². The second-order valence-electron chi connectivity index (χ2n) is 4.49. The minimum absolute atomic E-state index is 0.402. The quantitative estimate of drug-likeness (QED) is 0.667. The molecule has 0 heterocycles. The van der Waals surface area contributed by atoms with Gasteiger partial charge in [-0.15, -0.1) is 0 Å². The van der Waals surface area contributed by atoms with E-state index in [1.165, 1.54) is 6.08 Å². The molecule has 0 aromatic heterocycles. The minimum atomic E-state index is -0.574. The number of nitrogens with zero attached hydrogens (tertiary/aromatic N) is 1. The molecule has 0 spiro atoms. The second kappa shape index (κ2) is 5.80. The number of rotatable bonds is 2. The number of hydrogen-bond donors (Lipinski definition) is 1. The average molecular weight is 313 g/mol. The maximum Gasteiger partial charge on any atom is 0.412 e. The van der Waals surface area contributed by atoms with Gasteiger partial charge in [0.1, 0.15) is 5.60 Å². The second-order valence-corrected chi connectivity index (χ2v) is 5.35. The van der Waals surface area contributed by atoms with Gasteiger partial charge in [-0.25, -0.2) is 9.59 Å². The lowest BCUT2D eigenvalue weighted by Crippen LogP contribution is -2.27. The Hall–Kier alpha value is -1.65. The molecule has 1 aromatic carbocycles.